The van der Waals surface area contributed by atoms with Crippen LogP contribution < -0.4 is 10.6 Å². The minimum absolute atomic E-state index is 0.122. The molecule has 4 aliphatic rings. The standard InChI is InChI=1S/C15H26N4O2/c1-9-8-19(11-6-13(21)7-11)15-14(17-9)16-2-3-18(15)10-4-12(20)5-10/h9-13,16-17,20-21H,2-8H2,1H3/t9-,10?,11?,12?,13?/m1/s1. The molecular formula is C15H26N4O2. The van der Waals surface area contributed by atoms with Gasteiger partial charge in [0, 0.05) is 37.8 Å². The predicted molar refractivity (Wildman–Crippen MR) is 79.1 cm³/mol. The fourth-order valence-electron chi connectivity index (χ4n) is 4.03. The molecule has 0 spiro atoms. The molecule has 2 heterocycles. The van der Waals surface area contributed by atoms with Gasteiger partial charge in [0.1, 0.15) is 11.6 Å². The second-order valence-electron chi connectivity index (χ2n) is 7.07. The minimum atomic E-state index is -0.125. The molecule has 0 bridgehead atoms. The number of hydrogen-bond acceptors (Lipinski definition) is 6. The van der Waals surface area contributed by atoms with E-state index >= 15 is 0 Å². The lowest BCUT2D eigenvalue weighted by Crippen LogP contribution is -2.64. The Morgan fingerprint density at radius 2 is 1.62 bits per heavy atom. The first-order chi connectivity index (χ1) is 10.1. The average molecular weight is 294 g/mol. The lowest BCUT2D eigenvalue weighted by molar-refractivity contribution is -0.0381. The molecule has 0 aromatic rings. The first-order valence-corrected chi connectivity index (χ1v) is 8.26. The largest absolute Gasteiger partial charge is 0.393 e. The Labute approximate surface area is 125 Å². The van der Waals surface area contributed by atoms with Gasteiger partial charge in [0.05, 0.1) is 12.2 Å². The van der Waals surface area contributed by atoms with E-state index in [9.17, 15) is 10.2 Å². The maximum absolute atomic E-state index is 9.66. The van der Waals surface area contributed by atoms with Crippen molar-refractivity contribution in [2.75, 3.05) is 19.6 Å². The van der Waals surface area contributed by atoms with Crippen molar-refractivity contribution < 1.29 is 10.2 Å². The third kappa shape index (κ3) is 2.25. The van der Waals surface area contributed by atoms with E-state index in [1.165, 1.54) is 5.82 Å². The van der Waals surface area contributed by atoms with Gasteiger partial charge in [0.15, 0.2) is 0 Å². The van der Waals surface area contributed by atoms with Crippen molar-refractivity contribution in [1.82, 2.24) is 20.4 Å². The van der Waals surface area contributed by atoms with Crippen LogP contribution in [0.2, 0.25) is 0 Å². The van der Waals surface area contributed by atoms with Crippen LogP contribution in [-0.4, -0.2) is 70.0 Å². The lowest BCUT2D eigenvalue weighted by Gasteiger charge is -2.55. The van der Waals surface area contributed by atoms with Gasteiger partial charge in [-0.2, -0.15) is 0 Å². The zero-order chi connectivity index (χ0) is 14.6. The maximum Gasteiger partial charge on any atom is 0.146 e. The molecule has 1 atom stereocenters. The van der Waals surface area contributed by atoms with Gasteiger partial charge in [-0.25, -0.2) is 0 Å². The summed E-state index contributed by atoms with van der Waals surface area (Å²) in [6.07, 6.45) is 3.28. The second-order valence-corrected chi connectivity index (χ2v) is 7.07. The number of nitrogens with one attached hydrogen (secondary N) is 2. The summed E-state index contributed by atoms with van der Waals surface area (Å²) in [6.45, 7) is 5.15. The Bertz CT molecular complexity index is 443. The van der Waals surface area contributed by atoms with E-state index in [0.717, 1.165) is 51.1 Å². The van der Waals surface area contributed by atoms with Gasteiger partial charge in [0.2, 0.25) is 0 Å². The molecule has 2 aliphatic carbocycles. The SMILES string of the molecule is C[C@@H]1CN(C2CC(O)C2)C2=C(NCCN2C2CC(O)C2)N1. The number of aliphatic hydroxyl groups is 2. The van der Waals surface area contributed by atoms with E-state index < -0.39 is 0 Å². The van der Waals surface area contributed by atoms with Crippen LogP contribution in [0.25, 0.3) is 0 Å². The van der Waals surface area contributed by atoms with Gasteiger partial charge in [-0.15, -0.1) is 0 Å². The molecule has 118 valence electrons. The number of aliphatic hydroxyl groups excluding tert-OH is 2. The molecule has 6 heteroatoms. The third-order valence-electron chi connectivity index (χ3n) is 5.34. The molecule has 6 nitrogen and oxygen atoms in total. The highest BCUT2D eigenvalue weighted by atomic mass is 16.3. The van der Waals surface area contributed by atoms with E-state index in [4.69, 9.17) is 0 Å². The van der Waals surface area contributed by atoms with Crippen molar-refractivity contribution in [3.05, 3.63) is 11.6 Å². The fourth-order valence-corrected chi connectivity index (χ4v) is 4.03. The highest BCUT2D eigenvalue weighted by Crippen LogP contribution is 2.37. The lowest BCUT2D eigenvalue weighted by atomic mass is 9.85. The molecule has 0 aromatic heterocycles. The summed E-state index contributed by atoms with van der Waals surface area (Å²) in [7, 11) is 0. The molecule has 0 unspecified atom stereocenters. The normalized spacial score (nSPS) is 42.5. The van der Waals surface area contributed by atoms with Crippen molar-refractivity contribution in [2.45, 2.75) is 62.9 Å². The second kappa shape index (κ2) is 4.95. The summed E-state index contributed by atoms with van der Waals surface area (Å²) in [5, 5.41) is 26.4. The van der Waals surface area contributed by atoms with E-state index in [1.807, 2.05) is 0 Å². The van der Waals surface area contributed by atoms with Crippen molar-refractivity contribution >= 4 is 0 Å². The van der Waals surface area contributed by atoms with Crippen molar-refractivity contribution in [1.29, 1.82) is 0 Å². The summed E-state index contributed by atoms with van der Waals surface area (Å²) in [6, 6.07) is 1.35. The first kappa shape index (κ1) is 13.5. The number of rotatable bonds is 2. The van der Waals surface area contributed by atoms with Crippen LogP contribution >= 0.6 is 0 Å². The van der Waals surface area contributed by atoms with Gasteiger partial charge in [-0.05, 0) is 32.6 Å². The van der Waals surface area contributed by atoms with Crippen LogP contribution in [0.5, 0.6) is 0 Å². The van der Waals surface area contributed by atoms with Gasteiger partial charge in [0.25, 0.3) is 0 Å². The summed E-state index contributed by atoms with van der Waals surface area (Å²) in [4.78, 5) is 4.96. The molecule has 2 fully saturated rings. The summed E-state index contributed by atoms with van der Waals surface area (Å²) >= 11 is 0. The maximum atomic E-state index is 9.66. The Morgan fingerprint density at radius 1 is 1.00 bits per heavy atom. The Kier molecular flexibility index (Phi) is 3.19. The van der Waals surface area contributed by atoms with E-state index in [-0.39, 0.29) is 12.2 Å². The van der Waals surface area contributed by atoms with E-state index in [2.05, 4.69) is 27.4 Å². The van der Waals surface area contributed by atoms with Crippen LogP contribution in [-0.2, 0) is 0 Å². The summed E-state index contributed by atoms with van der Waals surface area (Å²) in [5.74, 6) is 2.41. The average Bonchev–Trinajstić information content (AvgIpc) is 2.39. The van der Waals surface area contributed by atoms with Crippen LogP contribution in [0, 0.1) is 0 Å². The molecule has 0 saturated heterocycles. The molecule has 21 heavy (non-hydrogen) atoms. The Morgan fingerprint density at radius 3 is 2.24 bits per heavy atom. The van der Waals surface area contributed by atoms with Gasteiger partial charge in [-0.3, -0.25) is 0 Å². The molecule has 0 amide bonds. The molecule has 0 aromatic carbocycles. The van der Waals surface area contributed by atoms with Gasteiger partial charge >= 0.3 is 0 Å². The first-order valence-electron chi connectivity index (χ1n) is 8.26. The van der Waals surface area contributed by atoms with Crippen LogP contribution in [0.1, 0.15) is 32.6 Å². The molecule has 4 rings (SSSR count). The Balaban J connectivity index is 1.60. The smallest absolute Gasteiger partial charge is 0.146 e. The third-order valence-corrected chi connectivity index (χ3v) is 5.34. The quantitative estimate of drug-likeness (QED) is 0.543. The van der Waals surface area contributed by atoms with Crippen molar-refractivity contribution in [3.63, 3.8) is 0 Å². The van der Waals surface area contributed by atoms with E-state index in [1.54, 1.807) is 0 Å². The molecule has 0 radical (unpaired) electrons. The van der Waals surface area contributed by atoms with Crippen LogP contribution in [0.15, 0.2) is 11.6 Å². The van der Waals surface area contributed by atoms with Crippen molar-refractivity contribution in [3.8, 4) is 0 Å². The van der Waals surface area contributed by atoms with Crippen LogP contribution in [0.4, 0.5) is 0 Å². The van der Waals surface area contributed by atoms with E-state index in [0.29, 0.717) is 18.1 Å². The predicted octanol–water partition coefficient (Wildman–Crippen LogP) is -0.641. The summed E-state index contributed by atoms with van der Waals surface area (Å²) < 4.78 is 0. The molecular weight excluding hydrogens is 268 g/mol. The zero-order valence-corrected chi connectivity index (χ0v) is 12.6. The fraction of sp³-hybridized carbons (Fsp3) is 0.867. The molecule has 2 saturated carbocycles. The van der Waals surface area contributed by atoms with Gasteiger partial charge < -0.3 is 30.6 Å². The highest BCUT2D eigenvalue weighted by Gasteiger charge is 2.43. The minimum Gasteiger partial charge on any atom is -0.393 e. The monoisotopic (exact) mass is 294 g/mol. The zero-order valence-electron chi connectivity index (χ0n) is 12.6. The van der Waals surface area contributed by atoms with Crippen molar-refractivity contribution in [2.24, 2.45) is 0 Å². The molecule has 2 aliphatic heterocycles. The highest BCUT2D eigenvalue weighted by molar-refractivity contribution is 5.21. The number of hydrogen-bond donors (Lipinski definition) is 4. The van der Waals surface area contributed by atoms with Crippen LogP contribution in [0.3, 0.4) is 0 Å². The topological polar surface area (TPSA) is 71.0 Å². The molecule has 4 N–H and O–H groups in total. The van der Waals surface area contributed by atoms with Gasteiger partial charge in [-0.1, -0.05) is 0 Å². The summed E-state index contributed by atoms with van der Waals surface area (Å²) in [5.41, 5.74) is 0. The Hall–Kier alpha value is -1.14. The number of nitrogens with zero attached hydrogens (tertiary/aromatic N) is 2.